The van der Waals surface area contributed by atoms with Crippen molar-refractivity contribution in [3.05, 3.63) is 35.4 Å². The van der Waals surface area contributed by atoms with Crippen molar-refractivity contribution in [3.8, 4) is 0 Å². The van der Waals surface area contributed by atoms with Crippen LogP contribution in [0.3, 0.4) is 0 Å². The molecule has 1 fully saturated rings. The number of amides is 2. The maximum Gasteiger partial charge on any atom is 0.317 e. The summed E-state index contributed by atoms with van der Waals surface area (Å²) in [5.41, 5.74) is 1.60. The maximum atomic E-state index is 12.3. The van der Waals surface area contributed by atoms with Gasteiger partial charge in [-0.3, -0.25) is 0 Å². The lowest BCUT2D eigenvalue weighted by molar-refractivity contribution is 0.144. The van der Waals surface area contributed by atoms with Gasteiger partial charge in [-0.1, -0.05) is 38.1 Å². The Bertz CT molecular complexity index is 658. The first-order chi connectivity index (χ1) is 10.8. The Balaban J connectivity index is 1.97. The highest BCUT2D eigenvalue weighted by Crippen LogP contribution is 2.22. The minimum atomic E-state index is -3.10. The molecule has 1 heterocycles. The summed E-state index contributed by atoms with van der Waals surface area (Å²) in [6.07, 6.45) is 2.25. The molecule has 1 aromatic carbocycles. The molecule has 0 saturated carbocycles. The van der Waals surface area contributed by atoms with E-state index in [1.54, 1.807) is 6.07 Å². The summed E-state index contributed by atoms with van der Waals surface area (Å²) in [4.78, 5) is 14.2. The highest BCUT2D eigenvalue weighted by Gasteiger charge is 2.25. The summed E-state index contributed by atoms with van der Waals surface area (Å²) in [6, 6.07) is 7.27. The molecule has 1 aliphatic rings. The predicted molar refractivity (Wildman–Crippen MR) is 91.7 cm³/mol. The zero-order chi connectivity index (χ0) is 17.0. The molecule has 1 aliphatic heterocycles. The first kappa shape index (κ1) is 17.8. The van der Waals surface area contributed by atoms with E-state index in [1.807, 2.05) is 23.1 Å². The maximum absolute atomic E-state index is 12.3. The largest absolute Gasteiger partial charge is 0.334 e. The normalized spacial score (nSPS) is 22.0. The Morgan fingerprint density at radius 3 is 2.48 bits per heavy atom. The average molecular weight is 338 g/mol. The van der Waals surface area contributed by atoms with Crippen molar-refractivity contribution < 1.29 is 13.2 Å². The molecule has 2 amide bonds. The van der Waals surface area contributed by atoms with Gasteiger partial charge < -0.3 is 10.2 Å². The number of rotatable bonds is 4. The number of nitrogens with one attached hydrogen (secondary N) is 1. The molecule has 2 rings (SSSR count). The fraction of sp³-hybridized carbons (Fsp3) is 0.588. The molecule has 2 atom stereocenters. The lowest BCUT2D eigenvalue weighted by Gasteiger charge is -2.35. The number of urea groups is 1. The minimum absolute atomic E-state index is 0.00267. The van der Waals surface area contributed by atoms with Gasteiger partial charge in [-0.25, -0.2) is 13.2 Å². The Kier molecular flexibility index (Phi) is 5.68. The summed E-state index contributed by atoms with van der Waals surface area (Å²) in [6.45, 7) is 6.30. The molecule has 0 spiro atoms. The summed E-state index contributed by atoms with van der Waals surface area (Å²) < 4.78 is 23.0. The number of hydrogen-bond donors (Lipinski definition) is 1. The van der Waals surface area contributed by atoms with Crippen LogP contribution in [0, 0.1) is 11.8 Å². The van der Waals surface area contributed by atoms with Gasteiger partial charge in [-0.05, 0) is 29.4 Å². The SMILES string of the molecule is C[C@@H]1CCN(C(=O)NCc2ccccc2CS(C)(=O)=O)C[C@H]1C. The van der Waals surface area contributed by atoms with Crippen LogP contribution in [-0.4, -0.2) is 38.7 Å². The fourth-order valence-electron chi connectivity index (χ4n) is 2.88. The van der Waals surface area contributed by atoms with Crippen molar-refractivity contribution in [2.75, 3.05) is 19.3 Å². The van der Waals surface area contributed by atoms with Crippen molar-refractivity contribution in [2.24, 2.45) is 11.8 Å². The standard InChI is InChI=1S/C17H26N2O3S/c1-13-8-9-19(11-14(13)2)17(20)18-10-15-6-4-5-7-16(15)12-23(3,21)22/h4-7,13-14H,8-12H2,1-3H3,(H,18,20)/t13-,14-/m1/s1. The fourth-order valence-corrected chi connectivity index (χ4v) is 3.73. The highest BCUT2D eigenvalue weighted by molar-refractivity contribution is 7.89. The number of carbonyl (C=O) groups excluding carboxylic acids is 1. The third kappa shape index (κ3) is 5.23. The van der Waals surface area contributed by atoms with E-state index in [0.29, 0.717) is 18.4 Å². The van der Waals surface area contributed by atoms with Gasteiger partial charge in [0.1, 0.15) is 0 Å². The van der Waals surface area contributed by atoms with Crippen molar-refractivity contribution in [3.63, 3.8) is 0 Å². The summed E-state index contributed by atoms with van der Waals surface area (Å²) in [5.74, 6) is 1.15. The Morgan fingerprint density at radius 1 is 1.22 bits per heavy atom. The van der Waals surface area contributed by atoms with Gasteiger partial charge in [0.2, 0.25) is 0 Å². The van der Waals surface area contributed by atoms with Crippen molar-refractivity contribution >= 4 is 15.9 Å². The van der Waals surface area contributed by atoms with Crippen LogP contribution in [0.4, 0.5) is 4.79 Å². The number of likely N-dealkylation sites (tertiary alicyclic amines) is 1. The van der Waals surface area contributed by atoms with Crippen LogP contribution < -0.4 is 5.32 Å². The lowest BCUT2D eigenvalue weighted by Crippen LogP contribution is -2.46. The van der Waals surface area contributed by atoms with Crippen LogP contribution in [-0.2, 0) is 22.1 Å². The monoisotopic (exact) mass is 338 g/mol. The molecule has 0 unspecified atom stereocenters. The Hall–Kier alpha value is -1.56. The number of hydrogen-bond acceptors (Lipinski definition) is 3. The van der Waals surface area contributed by atoms with E-state index in [2.05, 4.69) is 19.2 Å². The zero-order valence-electron chi connectivity index (χ0n) is 14.1. The van der Waals surface area contributed by atoms with Gasteiger partial charge in [-0.2, -0.15) is 0 Å². The molecule has 0 radical (unpaired) electrons. The highest BCUT2D eigenvalue weighted by atomic mass is 32.2. The second-order valence-electron chi connectivity index (χ2n) is 6.69. The molecule has 0 aliphatic carbocycles. The van der Waals surface area contributed by atoms with E-state index in [0.717, 1.165) is 30.6 Å². The Labute approximate surface area is 139 Å². The topological polar surface area (TPSA) is 66.5 Å². The van der Waals surface area contributed by atoms with Crippen LogP contribution >= 0.6 is 0 Å². The summed E-state index contributed by atoms with van der Waals surface area (Å²) in [5, 5.41) is 2.92. The molecule has 23 heavy (non-hydrogen) atoms. The molecule has 128 valence electrons. The lowest BCUT2D eigenvalue weighted by atomic mass is 9.89. The van der Waals surface area contributed by atoms with Gasteiger partial charge in [-0.15, -0.1) is 0 Å². The van der Waals surface area contributed by atoms with Crippen LogP contribution in [0.5, 0.6) is 0 Å². The molecule has 0 bridgehead atoms. The number of sulfone groups is 1. The van der Waals surface area contributed by atoms with Crippen molar-refractivity contribution in [2.45, 2.75) is 32.6 Å². The summed E-state index contributed by atoms with van der Waals surface area (Å²) in [7, 11) is -3.10. The second kappa shape index (κ2) is 7.34. The van der Waals surface area contributed by atoms with Crippen molar-refractivity contribution in [1.29, 1.82) is 0 Å². The second-order valence-corrected chi connectivity index (χ2v) is 8.83. The van der Waals surface area contributed by atoms with E-state index in [4.69, 9.17) is 0 Å². The quantitative estimate of drug-likeness (QED) is 0.917. The molecule has 1 saturated heterocycles. The third-order valence-electron chi connectivity index (χ3n) is 4.59. The van der Waals surface area contributed by atoms with Crippen LogP contribution in [0.15, 0.2) is 24.3 Å². The van der Waals surface area contributed by atoms with E-state index in [9.17, 15) is 13.2 Å². The van der Waals surface area contributed by atoms with Crippen molar-refractivity contribution in [1.82, 2.24) is 10.2 Å². The molecule has 1 N–H and O–H groups in total. The molecule has 6 heteroatoms. The molecular formula is C17H26N2O3S. The minimum Gasteiger partial charge on any atom is -0.334 e. The van der Waals surface area contributed by atoms with Crippen LogP contribution in [0.25, 0.3) is 0 Å². The van der Waals surface area contributed by atoms with Gasteiger partial charge in [0.25, 0.3) is 0 Å². The number of piperidine rings is 1. The smallest absolute Gasteiger partial charge is 0.317 e. The van der Waals surface area contributed by atoms with Crippen LogP contribution in [0.1, 0.15) is 31.4 Å². The van der Waals surface area contributed by atoms with E-state index in [1.165, 1.54) is 6.26 Å². The van der Waals surface area contributed by atoms with E-state index >= 15 is 0 Å². The third-order valence-corrected chi connectivity index (χ3v) is 5.42. The van der Waals surface area contributed by atoms with Gasteiger partial charge in [0.05, 0.1) is 5.75 Å². The number of nitrogens with zero attached hydrogens (tertiary/aromatic N) is 1. The van der Waals surface area contributed by atoms with Gasteiger partial charge in [0.15, 0.2) is 9.84 Å². The zero-order valence-corrected chi connectivity index (χ0v) is 14.9. The molecule has 1 aromatic rings. The molecule has 5 nitrogen and oxygen atoms in total. The van der Waals surface area contributed by atoms with E-state index < -0.39 is 9.84 Å². The number of carbonyl (C=O) groups is 1. The number of benzene rings is 1. The van der Waals surface area contributed by atoms with Crippen LogP contribution in [0.2, 0.25) is 0 Å². The Morgan fingerprint density at radius 2 is 1.87 bits per heavy atom. The molecular weight excluding hydrogens is 312 g/mol. The first-order valence-electron chi connectivity index (χ1n) is 8.03. The van der Waals surface area contributed by atoms with Gasteiger partial charge >= 0.3 is 6.03 Å². The average Bonchev–Trinajstić information content (AvgIpc) is 2.47. The molecule has 0 aromatic heterocycles. The summed E-state index contributed by atoms with van der Waals surface area (Å²) >= 11 is 0. The van der Waals surface area contributed by atoms with E-state index in [-0.39, 0.29) is 11.8 Å². The van der Waals surface area contributed by atoms with Gasteiger partial charge in [0, 0.05) is 25.9 Å². The predicted octanol–water partition coefficient (Wildman–Crippen LogP) is 2.42. The first-order valence-corrected chi connectivity index (χ1v) is 10.1.